The Morgan fingerprint density at radius 2 is 1.84 bits per heavy atom. The van der Waals surface area contributed by atoms with Gasteiger partial charge in [0.05, 0.1) is 22.2 Å². The summed E-state index contributed by atoms with van der Waals surface area (Å²) >= 11 is 11.7. The van der Waals surface area contributed by atoms with Crippen molar-refractivity contribution in [2.45, 2.75) is 26.3 Å². The minimum absolute atomic E-state index is 0.0167. The van der Waals surface area contributed by atoms with Crippen LogP contribution in [-0.2, 0) is 4.79 Å². The lowest BCUT2D eigenvalue weighted by atomic mass is 10.1. The van der Waals surface area contributed by atoms with E-state index in [9.17, 15) is 14.0 Å². The largest absolute Gasteiger partial charge is 0.353 e. The Labute approximate surface area is 157 Å². The van der Waals surface area contributed by atoms with Crippen molar-refractivity contribution >= 4 is 35.0 Å². The number of amides is 2. The lowest BCUT2D eigenvalue weighted by Crippen LogP contribution is -2.51. The van der Waals surface area contributed by atoms with E-state index in [1.165, 1.54) is 6.07 Å². The first kappa shape index (κ1) is 19.9. The Morgan fingerprint density at radius 3 is 2.44 bits per heavy atom. The molecular formula is C17H22Cl2FN3O2. The van der Waals surface area contributed by atoms with Gasteiger partial charge in [-0.3, -0.25) is 14.5 Å². The van der Waals surface area contributed by atoms with Gasteiger partial charge in [-0.2, -0.15) is 0 Å². The number of halogens is 3. The molecule has 0 spiro atoms. The molecular weight excluding hydrogens is 368 g/mol. The van der Waals surface area contributed by atoms with Gasteiger partial charge in [0.25, 0.3) is 5.91 Å². The molecule has 1 saturated heterocycles. The van der Waals surface area contributed by atoms with Gasteiger partial charge in [0.1, 0.15) is 5.82 Å². The lowest BCUT2D eigenvalue weighted by molar-refractivity contribution is -0.123. The third kappa shape index (κ3) is 5.30. The van der Waals surface area contributed by atoms with Crippen LogP contribution >= 0.6 is 23.2 Å². The molecule has 1 atom stereocenters. The van der Waals surface area contributed by atoms with Crippen LogP contribution in [0.3, 0.4) is 0 Å². The van der Waals surface area contributed by atoms with Gasteiger partial charge in [-0.15, -0.1) is 0 Å². The summed E-state index contributed by atoms with van der Waals surface area (Å²) in [4.78, 5) is 28.1. The molecule has 1 fully saturated rings. The maximum absolute atomic E-state index is 13.6. The predicted octanol–water partition coefficient (Wildman–Crippen LogP) is 2.81. The highest BCUT2D eigenvalue weighted by molar-refractivity contribution is 6.36. The first-order valence-corrected chi connectivity index (χ1v) is 9.03. The maximum atomic E-state index is 13.6. The Morgan fingerprint density at radius 1 is 1.20 bits per heavy atom. The number of hydrogen-bond donors (Lipinski definition) is 1. The van der Waals surface area contributed by atoms with E-state index in [0.717, 1.165) is 12.5 Å². The standard InChI is InChI=1S/C17H22Cl2FN3O2/c1-3-11(2)21-16(24)10-22-4-6-23(7-5-22)17(25)12-8-15(20)14(19)9-13(12)18/h8-9,11H,3-7,10H2,1-2H3,(H,21,24). The molecule has 0 bridgehead atoms. The quantitative estimate of drug-likeness (QED) is 0.787. The summed E-state index contributed by atoms with van der Waals surface area (Å²) in [5, 5.41) is 2.94. The van der Waals surface area contributed by atoms with E-state index >= 15 is 0 Å². The molecule has 2 amide bonds. The Bertz CT molecular complexity index is 649. The third-order valence-corrected chi connectivity index (χ3v) is 4.89. The van der Waals surface area contributed by atoms with Crippen LogP contribution in [0, 0.1) is 5.82 Å². The summed E-state index contributed by atoms with van der Waals surface area (Å²) in [6, 6.07) is 2.46. The second-order valence-corrected chi connectivity index (χ2v) is 7.01. The summed E-state index contributed by atoms with van der Waals surface area (Å²) in [6.45, 7) is 6.35. The average Bonchev–Trinajstić information content (AvgIpc) is 2.58. The van der Waals surface area contributed by atoms with Crippen molar-refractivity contribution in [3.05, 3.63) is 33.6 Å². The molecule has 138 valence electrons. The number of rotatable bonds is 5. The van der Waals surface area contributed by atoms with Crippen LogP contribution in [0.1, 0.15) is 30.6 Å². The number of piperazine rings is 1. The van der Waals surface area contributed by atoms with Crippen molar-refractivity contribution < 1.29 is 14.0 Å². The van der Waals surface area contributed by atoms with Crippen molar-refractivity contribution in [1.82, 2.24) is 15.1 Å². The van der Waals surface area contributed by atoms with Gasteiger partial charge in [-0.1, -0.05) is 30.1 Å². The second kappa shape index (κ2) is 8.83. The van der Waals surface area contributed by atoms with Crippen LogP contribution in [-0.4, -0.2) is 60.4 Å². The highest BCUT2D eigenvalue weighted by Gasteiger charge is 2.25. The Kier molecular flexibility index (Phi) is 7.04. The SMILES string of the molecule is CCC(C)NC(=O)CN1CCN(C(=O)c2cc(F)c(Cl)cc2Cl)CC1. The van der Waals surface area contributed by atoms with E-state index in [-0.39, 0.29) is 33.5 Å². The molecule has 1 unspecified atom stereocenters. The minimum atomic E-state index is -0.672. The molecule has 1 N–H and O–H groups in total. The molecule has 1 aromatic carbocycles. The molecule has 25 heavy (non-hydrogen) atoms. The topological polar surface area (TPSA) is 52.7 Å². The summed E-state index contributed by atoms with van der Waals surface area (Å²) in [6.07, 6.45) is 0.881. The normalized spacial score (nSPS) is 16.6. The third-order valence-electron chi connectivity index (χ3n) is 4.29. The summed E-state index contributed by atoms with van der Waals surface area (Å²) in [5.41, 5.74) is 0.103. The van der Waals surface area contributed by atoms with Crippen molar-refractivity contribution in [2.75, 3.05) is 32.7 Å². The molecule has 0 aliphatic carbocycles. The summed E-state index contributed by atoms with van der Waals surface area (Å²) < 4.78 is 13.6. The van der Waals surface area contributed by atoms with Crippen LogP contribution < -0.4 is 5.32 Å². The zero-order chi connectivity index (χ0) is 18.6. The van der Waals surface area contributed by atoms with E-state index < -0.39 is 5.82 Å². The van der Waals surface area contributed by atoms with Gasteiger partial charge in [-0.05, 0) is 25.5 Å². The molecule has 0 saturated carbocycles. The average molecular weight is 390 g/mol. The summed E-state index contributed by atoms with van der Waals surface area (Å²) in [5.74, 6) is -1.02. The van der Waals surface area contributed by atoms with E-state index in [0.29, 0.717) is 32.7 Å². The number of nitrogens with zero attached hydrogens (tertiary/aromatic N) is 2. The van der Waals surface area contributed by atoms with Crippen LogP contribution in [0.25, 0.3) is 0 Å². The van der Waals surface area contributed by atoms with E-state index in [4.69, 9.17) is 23.2 Å². The predicted molar refractivity (Wildman–Crippen MR) is 96.7 cm³/mol. The van der Waals surface area contributed by atoms with Crippen molar-refractivity contribution in [2.24, 2.45) is 0 Å². The number of hydrogen-bond acceptors (Lipinski definition) is 3. The molecule has 1 aliphatic heterocycles. The molecule has 1 aliphatic rings. The number of nitrogens with one attached hydrogen (secondary N) is 1. The van der Waals surface area contributed by atoms with E-state index in [2.05, 4.69) is 5.32 Å². The monoisotopic (exact) mass is 389 g/mol. The van der Waals surface area contributed by atoms with Crippen LogP contribution in [0.15, 0.2) is 12.1 Å². The maximum Gasteiger partial charge on any atom is 0.255 e. The highest BCUT2D eigenvalue weighted by atomic mass is 35.5. The fraction of sp³-hybridized carbons (Fsp3) is 0.529. The molecule has 5 nitrogen and oxygen atoms in total. The Balaban J connectivity index is 1.90. The minimum Gasteiger partial charge on any atom is -0.353 e. The molecule has 1 heterocycles. The van der Waals surface area contributed by atoms with Gasteiger partial charge >= 0.3 is 0 Å². The highest BCUT2D eigenvalue weighted by Crippen LogP contribution is 2.25. The smallest absolute Gasteiger partial charge is 0.255 e. The van der Waals surface area contributed by atoms with Crippen LogP contribution in [0.5, 0.6) is 0 Å². The first-order valence-electron chi connectivity index (χ1n) is 8.27. The van der Waals surface area contributed by atoms with Crippen molar-refractivity contribution in [3.8, 4) is 0 Å². The van der Waals surface area contributed by atoms with Crippen LogP contribution in [0.2, 0.25) is 10.0 Å². The van der Waals surface area contributed by atoms with Gasteiger partial charge in [-0.25, -0.2) is 4.39 Å². The number of carbonyl (C=O) groups is 2. The van der Waals surface area contributed by atoms with Crippen molar-refractivity contribution in [1.29, 1.82) is 0 Å². The number of benzene rings is 1. The molecule has 0 radical (unpaired) electrons. The zero-order valence-electron chi connectivity index (χ0n) is 14.3. The molecule has 2 rings (SSSR count). The molecule has 8 heteroatoms. The summed E-state index contributed by atoms with van der Waals surface area (Å²) in [7, 11) is 0. The van der Waals surface area contributed by atoms with Gasteiger partial charge in [0.2, 0.25) is 5.91 Å². The second-order valence-electron chi connectivity index (χ2n) is 6.19. The Hall–Kier alpha value is -1.37. The fourth-order valence-corrected chi connectivity index (χ4v) is 3.06. The molecule has 0 aromatic heterocycles. The molecule has 1 aromatic rings. The van der Waals surface area contributed by atoms with Gasteiger partial charge in [0, 0.05) is 32.2 Å². The van der Waals surface area contributed by atoms with Crippen molar-refractivity contribution in [3.63, 3.8) is 0 Å². The van der Waals surface area contributed by atoms with Crippen LogP contribution in [0.4, 0.5) is 4.39 Å². The first-order chi connectivity index (χ1) is 11.8. The van der Waals surface area contributed by atoms with Gasteiger partial charge in [0.15, 0.2) is 0 Å². The van der Waals surface area contributed by atoms with E-state index in [1.54, 1.807) is 4.90 Å². The fourth-order valence-electron chi connectivity index (χ4n) is 2.59. The van der Waals surface area contributed by atoms with E-state index in [1.807, 2.05) is 18.7 Å². The number of carbonyl (C=O) groups excluding carboxylic acids is 2. The van der Waals surface area contributed by atoms with Gasteiger partial charge < -0.3 is 10.2 Å². The lowest BCUT2D eigenvalue weighted by Gasteiger charge is -2.34. The zero-order valence-corrected chi connectivity index (χ0v) is 15.8.